The Morgan fingerprint density at radius 1 is 1.06 bits per heavy atom. The van der Waals surface area contributed by atoms with Crippen molar-refractivity contribution in [3.63, 3.8) is 0 Å². The number of amides is 2. The molecule has 0 bridgehead atoms. The van der Waals surface area contributed by atoms with Crippen molar-refractivity contribution in [1.82, 2.24) is 29.9 Å². The van der Waals surface area contributed by atoms with Gasteiger partial charge < -0.3 is 25.0 Å². The lowest BCUT2D eigenvalue weighted by Gasteiger charge is -2.34. The quantitative estimate of drug-likeness (QED) is 0.615. The minimum Gasteiger partial charge on any atom is -0.368 e. The minimum atomic E-state index is -0.333. The Morgan fingerprint density at radius 2 is 1.71 bits per heavy atom. The summed E-state index contributed by atoms with van der Waals surface area (Å²) in [6.45, 7) is 4.80. The van der Waals surface area contributed by atoms with Gasteiger partial charge in [0.25, 0.3) is 0 Å². The van der Waals surface area contributed by atoms with Crippen LogP contribution in [0.1, 0.15) is 31.2 Å². The van der Waals surface area contributed by atoms with Gasteiger partial charge in [-0.15, -0.1) is 0 Å². The molecule has 1 aromatic carbocycles. The number of carbonyl (C=O) groups excluding carboxylic acids is 1. The standard InChI is InChI=1S/C24H30N8O2/c1-24(19-8-9-19,18-6-4-16(5-7-18)17-14-26-21(25)27-15-17)20-28-22(34-29-20)31-10-12-32(13-11-31)23(33)30(2)3/h4-7,14-15,19H,8-13H2,1-3H3,(H2,25,26,27)/t24-/m0/s1. The van der Waals surface area contributed by atoms with Crippen molar-refractivity contribution in [2.45, 2.75) is 25.2 Å². The first-order valence-corrected chi connectivity index (χ1v) is 11.6. The molecule has 10 nitrogen and oxygen atoms in total. The number of hydrogen-bond donors (Lipinski definition) is 1. The Labute approximate surface area is 198 Å². The van der Waals surface area contributed by atoms with Crippen LogP contribution in [0.3, 0.4) is 0 Å². The van der Waals surface area contributed by atoms with E-state index in [1.165, 1.54) is 0 Å². The molecule has 0 spiro atoms. The highest BCUT2D eigenvalue weighted by Crippen LogP contribution is 2.50. The second kappa shape index (κ2) is 8.58. The number of rotatable bonds is 5. The average molecular weight is 463 g/mol. The molecule has 1 aliphatic heterocycles. The molecule has 1 atom stereocenters. The number of benzene rings is 1. The second-order valence-electron chi connectivity index (χ2n) is 9.44. The number of urea groups is 1. The lowest BCUT2D eigenvalue weighted by molar-refractivity contribution is 0.167. The zero-order valence-corrected chi connectivity index (χ0v) is 19.8. The summed E-state index contributed by atoms with van der Waals surface area (Å²) in [7, 11) is 3.54. The number of hydrogen-bond acceptors (Lipinski definition) is 8. The van der Waals surface area contributed by atoms with Gasteiger partial charge in [-0.2, -0.15) is 4.98 Å². The normalized spacial score (nSPS) is 18.0. The number of nitrogens with zero attached hydrogens (tertiary/aromatic N) is 7. The largest absolute Gasteiger partial charge is 0.368 e. The van der Waals surface area contributed by atoms with Crippen molar-refractivity contribution in [2.24, 2.45) is 5.92 Å². The van der Waals surface area contributed by atoms with E-state index in [4.69, 9.17) is 15.2 Å². The maximum absolute atomic E-state index is 12.2. The molecular formula is C24H30N8O2. The monoisotopic (exact) mass is 462 g/mol. The number of nitrogens with two attached hydrogens (primary N) is 1. The summed E-state index contributed by atoms with van der Waals surface area (Å²) in [5, 5.41) is 4.42. The van der Waals surface area contributed by atoms with Crippen LogP contribution in [-0.2, 0) is 5.41 Å². The molecule has 2 aliphatic rings. The molecule has 0 radical (unpaired) electrons. The van der Waals surface area contributed by atoms with Gasteiger partial charge in [0.05, 0.1) is 5.41 Å². The van der Waals surface area contributed by atoms with Crippen LogP contribution in [0, 0.1) is 5.92 Å². The van der Waals surface area contributed by atoms with Gasteiger partial charge in [0.2, 0.25) is 5.95 Å². The third-order valence-electron chi connectivity index (χ3n) is 6.97. The number of anilines is 2. The Morgan fingerprint density at radius 3 is 2.29 bits per heavy atom. The van der Waals surface area contributed by atoms with Crippen molar-refractivity contribution in [3.8, 4) is 11.1 Å². The fourth-order valence-electron chi connectivity index (χ4n) is 4.63. The first-order chi connectivity index (χ1) is 16.4. The van der Waals surface area contributed by atoms with Crippen LogP contribution in [0.15, 0.2) is 41.2 Å². The van der Waals surface area contributed by atoms with Crippen LogP contribution in [0.4, 0.5) is 16.8 Å². The highest BCUT2D eigenvalue weighted by Gasteiger charge is 2.47. The maximum atomic E-state index is 12.2. The van der Waals surface area contributed by atoms with Crippen LogP contribution >= 0.6 is 0 Å². The van der Waals surface area contributed by atoms with Crippen LogP contribution in [0.2, 0.25) is 0 Å². The van der Waals surface area contributed by atoms with Crippen molar-refractivity contribution in [3.05, 3.63) is 48.0 Å². The number of nitrogen functional groups attached to an aromatic ring is 1. The van der Waals surface area contributed by atoms with Gasteiger partial charge in [0.1, 0.15) is 0 Å². The van der Waals surface area contributed by atoms with E-state index in [9.17, 15) is 4.79 Å². The van der Waals surface area contributed by atoms with Gasteiger partial charge in [-0.25, -0.2) is 14.8 Å². The van der Waals surface area contributed by atoms with Crippen LogP contribution < -0.4 is 10.6 Å². The molecule has 10 heteroatoms. The molecule has 3 aromatic rings. The molecule has 2 aromatic heterocycles. The van der Waals surface area contributed by atoms with Gasteiger partial charge in [0.15, 0.2) is 5.82 Å². The first kappa shape index (κ1) is 22.1. The van der Waals surface area contributed by atoms with Gasteiger partial charge in [-0.3, -0.25) is 0 Å². The molecule has 1 aliphatic carbocycles. The van der Waals surface area contributed by atoms with Crippen molar-refractivity contribution < 1.29 is 9.32 Å². The SMILES string of the molecule is CN(C)C(=O)N1CCN(c2nc([C@@](C)(c3ccc(-c4cnc(N)nc4)cc3)C3CC3)no2)CC1. The maximum Gasteiger partial charge on any atom is 0.324 e. The van der Waals surface area contributed by atoms with Crippen LogP contribution in [-0.4, -0.2) is 76.2 Å². The zero-order valence-electron chi connectivity index (χ0n) is 19.8. The van der Waals surface area contributed by atoms with E-state index >= 15 is 0 Å². The van der Waals surface area contributed by atoms with Crippen molar-refractivity contribution in [2.75, 3.05) is 50.9 Å². The second-order valence-corrected chi connectivity index (χ2v) is 9.44. The lowest BCUT2D eigenvalue weighted by atomic mass is 9.77. The molecule has 0 unspecified atom stereocenters. The minimum absolute atomic E-state index is 0.0288. The van der Waals surface area contributed by atoms with Crippen LogP contribution in [0.5, 0.6) is 0 Å². The summed E-state index contributed by atoms with van der Waals surface area (Å²) in [5.41, 5.74) is 8.38. The summed E-state index contributed by atoms with van der Waals surface area (Å²) in [6.07, 6.45) is 5.74. The molecule has 1 saturated heterocycles. The van der Waals surface area contributed by atoms with Crippen molar-refractivity contribution in [1.29, 1.82) is 0 Å². The molecule has 2 fully saturated rings. The highest BCUT2D eigenvalue weighted by molar-refractivity contribution is 5.74. The van der Waals surface area contributed by atoms with E-state index in [-0.39, 0.29) is 17.4 Å². The fraction of sp³-hybridized carbons (Fsp3) is 0.458. The first-order valence-electron chi connectivity index (χ1n) is 11.6. The molecule has 178 valence electrons. The smallest absolute Gasteiger partial charge is 0.324 e. The van der Waals surface area contributed by atoms with Crippen molar-refractivity contribution >= 4 is 18.0 Å². The average Bonchev–Trinajstić information content (AvgIpc) is 3.60. The molecule has 34 heavy (non-hydrogen) atoms. The molecule has 3 heterocycles. The van der Waals surface area contributed by atoms with E-state index in [0.717, 1.165) is 29.5 Å². The molecular weight excluding hydrogens is 432 g/mol. The number of aromatic nitrogens is 4. The van der Waals surface area contributed by atoms with Gasteiger partial charge >= 0.3 is 12.0 Å². The van der Waals surface area contributed by atoms with E-state index < -0.39 is 0 Å². The predicted molar refractivity (Wildman–Crippen MR) is 128 cm³/mol. The lowest BCUT2D eigenvalue weighted by Crippen LogP contribution is -2.51. The van der Waals surface area contributed by atoms with Gasteiger partial charge in [-0.05, 0) is 36.8 Å². The summed E-state index contributed by atoms with van der Waals surface area (Å²) < 4.78 is 5.72. The van der Waals surface area contributed by atoms with E-state index in [2.05, 4.69) is 51.2 Å². The Kier molecular flexibility index (Phi) is 5.59. The van der Waals surface area contributed by atoms with Gasteiger partial charge in [0, 0.05) is 58.2 Å². The third-order valence-corrected chi connectivity index (χ3v) is 6.97. The topological polar surface area (TPSA) is 118 Å². The predicted octanol–water partition coefficient (Wildman–Crippen LogP) is 2.63. The number of carbonyl (C=O) groups is 1. The number of piperazine rings is 1. The summed E-state index contributed by atoms with van der Waals surface area (Å²) >= 11 is 0. The summed E-state index contributed by atoms with van der Waals surface area (Å²) in [5.74, 6) is 1.44. The van der Waals surface area contributed by atoms with E-state index in [1.54, 1.807) is 31.4 Å². The summed E-state index contributed by atoms with van der Waals surface area (Å²) in [4.78, 5) is 30.7. The van der Waals surface area contributed by atoms with E-state index in [1.807, 2.05) is 4.90 Å². The zero-order chi connectivity index (χ0) is 23.9. The Hall–Kier alpha value is -3.69. The van der Waals surface area contributed by atoms with Crippen LogP contribution in [0.25, 0.3) is 11.1 Å². The molecule has 1 saturated carbocycles. The van der Waals surface area contributed by atoms with Gasteiger partial charge in [-0.1, -0.05) is 29.4 Å². The third kappa shape index (κ3) is 4.04. The molecule has 2 amide bonds. The molecule has 2 N–H and O–H groups in total. The van der Waals surface area contributed by atoms with E-state index in [0.29, 0.717) is 43.9 Å². The highest BCUT2D eigenvalue weighted by atomic mass is 16.5. The molecule has 5 rings (SSSR count). The fourth-order valence-corrected chi connectivity index (χ4v) is 4.63. The Balaban J connectivity index is 1.35. The summed E-state index contributed by atoms with van der Waals surface area (Å²) in [6, 6.07) is 8.97. The Bertz CT molecular complexity index is 1150.